The number of hydrogen-bond acceptors (Lipinski definition) is 5. The second-order valence-corrected chi connectivity index (χ2v) is 8.46. The number of rotatable bonds is 7. The summed E-state index contributed by atoms with van der Waals surface area (Å²) in [6, 6.07) is 15.9. The maximum absolute atomic E-state index is 12.2. The first-order chi connectivity index (χ1) is 12.6. The molecule has 0 aliphatic rings. The molecular weight excluding hydrogens is 364 g/mol. The van der Waals surface area contributed by atoms with Crippen LogP contribution in [0.15, 0.2) is 54.7 Å². The Labute approximate surface area is 161 Å². The van der Waals surface area contributed by atoms with E-state index in [2.05, 4.69) is 36.1 Å². The van der Waals surface area contributed by atoms with Gasteiger partial charge in [-0.2, -0.15) is 0 Å². The number of aromatic nitrogens is 1. The number of nitrogens with one attached hydrogen (secondary N) is 1. The average Bonchev–Trinajstić information content (AvgIpc) is 3.05. The Morgan fingerprint density at radius 2 is 1.92 bits per heavy atom. The SMILES string of the molecule is CN(C)CCc1c[nH]c2cccc(OC(=O)SSCc3ccccc3)c12. The van der Waals surface area contributed by atoms with Crippen LogP contribution < -0.4 is 4.74 Å². The van der Waals surface area contributed by atoms with Gasteiger partial charge in [0.05, 0.1) is 0 Å². The van der Waals surface area contributed by atoms with E-state index >= 15 is 0 Å². The van der Waals surface area contributed by atoms with Gasteiger partial charge in [-0.25, -0.2) is 4.79 Å². The van der Waals surface area contributed by atoms with Crippen molar-refractivity contribution in [2.75, 3.05) is 20.6 Å². The second kappa shape index (κ2) is 9.16. The van der Waals surface area contributed by atoms with Crippen LogP contribution in [0.4, 0.5) is 4.79 Å². The van der Waals surface area contributed by atoms with Gasteiger partial charge in [0.15, 0.2) is 0 Å². The summed E-state index contributed by atoms with van der Waals surface area (Å²) in [7, 11) is 6.73. The molecule has 0 atom stereocenters. The molecule has 0 amide bonds. The molecule has 0 bridgehead atoms. The van der Waals surface area contributed by atoms with Crippen molar-refractivity contribution in [3.05, 3.63) is 65.9 Å². The van der Waals surface area contributed by atoms with Crippen LogP contribution in [0.2, 0.25) is 0 Å². The number of fused-ring (bicyclic) bond motifs is 1. The zero-order valence-electron chi connectivity index (χ0n) is 14.9. The van der Waals surface area contributed by atoms with Crippen molar-refractivity contribution in [2.45, 2.75) is 12.2 Å². The van der Waals surface area contributed by atoms with Crippen LogP contribution in [0, 0.1) is 0 Å². The highest BCUT2D eigenvalue weighted by Crippen LogP contribution is 2.33. The van der Waals surface area contributed by atoms with E-state index in [1.165, 1.54) is 21.9 Å². The van der Waals surface area contributed by atoms with Crippen molar-refractivity contribution in [3.8, 4) is 5.75 Å². The van der Waals surface area contributed by atoms with Crippen molar-refractivity contribution in [2.24, 2.45) is 0 Å². The van der Waals surface area contributed by atoms with Crippen LogP contribution in [0.3, 0.4) is 0 Å². The van der Waals surface area contributed by atoms with Crippen molar-refractivity contribution in [1.82, 2.24) is 9.88 Å². The van der Waals surface area contributed by atoms with Crippen LogP contribution in [0.1, 0.15) is 11.1 Å². The summed E-state index contributed by atoms with van der Waals surface area (Å²) in [5.41, 5.74) is 3.35. The summed E-state index contributed by atoms with van der Waals surface area (Å²) in [5, 5.41) is 0.703. The summed E-state index contributed by atoms with van der Waals surface area (Å²) < 4.78 is 5.64. The third kappa shape index (κ3) is 5.06. The van der Waals surface area contributed by atoms with Crippen molar-refractivity contribution in [1.29, 1.82) is 0 Å². The van der Waals surface area contributed by atoms with E-state index in [0.717, 1.165) is 40.4 Å². The Morgan fingerprint density at radius 3 is 2.69 bits per heavy atom. The van der Waals surface area contributed by atoms with Crippen molar-refractivity contribution < 1.29 is 9.53 Å². The van der Waals surface area contributed by atoms with Gasteiger partial charge in [0.1, 0.15) is 5.75 Å². The molecule has 0 aliphatic heterocycles. The fraction of sp³-hybridized carbons (Fsp3) is 0.250. The first-order valence-corrected chi connectivity index (χ1v) is 10.7. The van der Waals surface area contributed by atoms with Gasteiger partial charge in [0.25, 0.3) is 0 Å². The van der Waals surface area contributed by atoms with Gasteiger partial charge in [0.2, 0.25) is 0 Å². The maximum Gasteiger partial charge on any atom is 0.383 e. The van der Waals surface area contributed by atoms with Crippen LogP contribution in [-0.2, 0) is 12.2 Å². The van der Waals surface area contributed by atoms with Crippen LogP contribution in [0.5, 0.6) is 5.75 Å². The number of aromatic amines is 1. The monoisotopic (exact) mass is 386 g/mol. The highest BCUT2D eigenvalue weighted by atomic mass is 33.1. The molecule has 4 nitrogen and oxygen atoms in total. The molecule has 0 saturated carbocycles. The quantitative estimate of drug-likeness (QED) is 0.438. The number of carbonyl (C=O) groups is 1. The summed E-state index contributed by atoms with van der Waals surface area (Å²) in [6.07, 6.45) is 2.90. The third-order valence-electron chi connectivity index (χ3n) is 3.97. The van der Waals surface area contributed by atoms with Crippen molar-refractivity contribution >= 4 is 37.8 Å². The molecule has 1 aromatic heterocycles. The molecule has 2 aromatic carbocycles. The molecule has 6 heteroatoms. The Kier molecular flexibility index (Phi) is 6.66. The molecule has 3 aromatic rings. The molecule has 0 spiro atoms. The summed E-state index contributed by atoms with van der Waals surface area (Å²) in [5.74, 6) is 1.39. The fourth-order valence-electron chi connectivity index (χ4n) is 2.67. The lowest BCUT2D eigenvalue weighted by Gasteiger charge is -2.10. The lowest BCUT2D eigenvalue weighted by Crippen LogP contribution is -2.14. The first-order valence-electron chi connectivity index (χ1n) is 8.42. The van der Waals surface area contributed by atoms with Gasteiger partial charge in [-0.05, 0) is 43.8 Å². The molecule has 1 N–H and O–H groups in total. The fourth-order valence-corrected chi connectivity index (χ4v) is 4.26. The van der Waals surface area contributed by atoms with Gasteiger partial charge in [-0.3, -0.25) is 0 Å². The number of hydrogen-bond donors (Lipinski definition) is 1. The number of carbonyl (C=O) groups excluding carboxylic acids is 1. The van der Waals surface area contributed by atoms with E-state index in [0.29, 0.717) is 5.75 Å². The summed E-state index contributed by atoms with van der Waals surface area (Å²) in [4.78, 5) is 17.7. The lowest BCUT2D eigenvalue weighted by molar-refractivity contribution is 0.228. The number of nitrogens with zero attached hydrogens (tertiary/aromatic N) is 1. The van der Waals surface area contributed by atoms with E-state index in [-0.39, 0.29) is 5.30 Å². The molecule has 0 radical (unpaired) electrons. The second-order valence-electron chi connectivity index (χ2n) is 6.23. The molecule has 3 rings (SSSR count). The molecular formula is C20H22N2O2S2. The maximum atomic E-state index is 12.2. The van der Waals surface area contributed by atoms with Crippen LogP contribution >= 0.6 is 21.6 Å². The average molecular weight is 387 g/mol. The summed E-state index contributed by atoms with van der Waals surface area (Å²) in [6.45, 7) is 0.941. The third-order valence-corrected chi connectivity index (χ3v) is 5.87. The minimum absolute atomic E-state index is 0.293. The largest absolute Gasteiger partial charge is 0.417 e. The van der Waals surface area contributed by atoms with E-state index in [4.69, 9.17) is 4.74 Å². The molecule has 1 heterocycles. The van der Waals surface area contributed by atoms with E-state index in [9.17, 15) is 4.79 Å². The highest BCUT2D eigenvalue weighted by Gasteiger charge is 2.14. The topological polar surface area (TPSA) is 45.3 Å². The van der Waals surface area contributed by atoms with Crippen LogP contribution in [0.25, 0.3) is 10.9 Å². The zero-order chi connectivity index (χ0) is 18.4. The minimum Gasteiger partial charge on any atom is -0.417 e. The van der Waals surface area contributed by atoms with Gasteiger partial charge in [-0.1, -0.05) is 47.2 Å². The Bertz CT molecular complexity index is 863. The predicted molar refractivity (Wildman–Crippen MR) is 112 cm³/mol. The molecule has 0 unspecified atom stereocenters. The molecule has 136 valence electrons. The Balaban J connectivity index is 1.64. The molecule has 0 fully saturated rings. The Morgan fingerprint density at radius 1 is 1.12 bits per heavy atom. The Hall–Kier alpha value is -1.89. The van der Waals surface area contributed by atoms with Gasteiger partial charge < -0.3 is 14.6 Å². The van der Waals surface area contributed by atoms with E-state index < -0.39 is 0 Å². The number of ether oxygens (including phenoxy) is 1. The smallest absolute Gasteiger partial charge is 0.383 e. The molecule has 0 aliphatic carbocycles. The van der Waals surface area contributed by atoms with Gasteiger partial charge >= 0.3 is 5.30 Å². The van der Waals surface area contributed by atoms with E-state index in [1.807, 2.05) is 42.6 Å². The first kappa shape index (κ1) is 18.9. The summed E-state index contributed by atoms with van der Waals surface area (Å²) >= 11 is 0. The van der Waals surface area contributed by atoms with Crippen molar-refractivity contribution in [3.63, 3.8) is 0 Å². The van der Waals surface area contributed by atoms with Gasteiger partial charge in [-0.15, -0.1) is 0 Å². The standard InChI is InChI=1S/C20H22N2O2S2/c1-22(2)12-11-16-13-21-17-9-6-10-18(19(16)17)24-20(23)26-25-14-15-7-4-3-5-8-15/h3-10,13,21H,11-12,14H2,1-2H3. The molecule has 26 heavy (non-hydrogen) atoms. The van der Waals surface area contributed by atoms with Crippen LogP contribution in [-0.4, -0.2) is 35.8 Å². The lowest BCUT2D eigenvalue weighted by atomic mass is 10.1. The highest BCUT2D eigenvalue weighted by molar-refractivity contribution is 8.81. The van der Waals surface area contributed by atoms with Gasteiger partial charge in [0, 0.05) is 40.2 Å². The number of benzene rings is 2. The zero-order valence-corrected chi connectivity index (χ0v) is 16.5. The predicted octanol–water partition coefficient (Wildman–Crippen LogP) is 5.35. The number of likely N-dealkylation sites (N-methyl/N-ethyl adjacent to an activating group) is 1. The minimum atomic E-state index is -0.293. The van der Waals surface area contributed by atoms with E-state index in [1.54, 1.807) is 0 Å². The molecule has 0 saturated heterocycles. The normalized spacial score (nSPS) is 11.2. The number of H-pyrrole nitrogens is 1.